The van der Waals surface area contributed by atoms with Crippen LogP contribution in [-0.4, -0.2) is 24.0 Å². The number of amides is 1. The lowest BCUT2D eigenvalue weighted by Gasteiger charge is -2.40. The van der Waals surface area contributed by atoms with Crippen molar-refractivity contribution in [1.82, 2.24) is 10.6 Å². The Kier molecular flexibility index (Phi) is 3.76. The average molecular weight is 238 g/mol. The SMILES string of the molecule is CC(C)(C)NC(=O)[C@@H]1C[C@H]2CCCC[C@H]2CN1. The molecule has 1 heterocycles. The smallest absolute Gasteiger partial charge is 0.237 e. The molecule has 3 atom stereocenters. The first kappa shape index (κ1) is 12.9. The van der Waals surface area contributed by atoms with Gasteiger partial charge in [-0.25, -0.2) is 0 Å². The van der Waals surface area contributed by atoms with Gasteiger partial charge in [0.05, 0.1) is 6.04 Å². The van der Waals surface area contributed by atoms with Crippen LogP contribution in [0.4, 0.5) is 0 Å². The maximum atomic E-state index is 12.1. The third-order valence-corrected chi connectivity index (χ3v) is 4.05. The molecule has 2 rings (SSSR count). The number of carbonyl (C=O) groups is 1. The lowest BCUT2D eigenvalue weighted by Crippen LogP contribution is -2.55. The molecule has 2 fully saturated rings. The van der Waals surface area contributed by atoms with Crippen LogP contribution < -0.4 is 10.6 Å². The minimum absolute atomic E-state index is 0.0357. The van der Waals surface area contributed by atoms with Crippen LogP contribution in [0.5, 0.6) is 0 Å². The van der Waals surface area contributed by atoms with E-state index >= 15 is 0 Å². The molecule has 2 aliphatic rings. The summed E-state index contributed by atoms with van der Waals surface area (Å²) in [5, 5.41) is 6.51. The summed E-state index contributed by atoms with van der Waals surface area (Å²) in [4.78, 5) is 12.1. The van der Waals surface area contributed by atoms with Crippen LogP contribution >= 0.6 is 0 Å². The van der Waals surface area contributed by atoms with E-state index in [1.165, 1.54) is 25.7 Å². The fourth-order valence-electron chi connectivity index (χ4n) is 3.20. The van der Waals surface area contributed by atoms with E-state index in [-0.39, 0.29) is 17.5 Å². The minimum atomic E-state index is -0.123. The van der Waals surface area contributed by atoms with Crippen molar-refractivity contribution in [1.29, 1.82) is 0 Å². The summed E-state index contributed by atoms with van der Waals surface area (Å²) in [6.45, 7) is 7.15. The summed E-state index contributed by atoms with van der Waals surface area (Å²) in [6, 6.07) is 0.0357. The molecule has 17 heavy (non-hydrogen) atoms. The number of nitrogens with one attached hydrogen (secondary N) is 2. The number of hydrogen-bond donors (Lipinski definition) is 2. The van der Waals surface area contributed by atoms with Gasteiger partial charge in [0.25, 0.3) is 0 Å². The Bertz CT molecular complexity index is 282. The van der Waals surface area contributed by atoms with Crippen molar-refractivity contribution in [3.63, 3.8) is 0 Å². The third-order valence-electron chi connectivity index (χ3n) is 4.05. The van der Waals surface area contributed by atoms with Gasteiger partial charge in [-0.1, -0.05) is 19.3 Å². The Morgan fingerprint density at radius 1 is 1.18 bits per heavy atom. The third kappa shape index (κ3) is 3.44. The van der Waals surface area contributed by atoms with E-state index in [2.05, 4.69) is 10.6 Å². The molecule has 1 amide bonds. The zero-order valence-corrected chi connectivity index (χ0v) is 11.4. The molecule has 1 saturated heterocycles. The second-order valence-electron chi connectivity index (χ2n) is 6.74. The van der Waals surface area contributed by atoms with Crippen molar-refractivity contribution >= 4 is 5.91 Å². The van der Waals surface area contributed by atoms with E-state index in [1.807, 2.05) is 20.8 Å². The van der Waals surface area contributed by atoms with Crippen LogP contribution in [-0.2, 0) is 4.79 Å². The van der Waals surface area contributed by atoms with E-state index in [0.29, 0.717) is 0 Å². The maximum absolute atomic E-state index is 12.1. The molecular formula is C14H26N2O. The molecule has 0 aromatic heterocycles. The number of carbonyl (C=O) groups excluding carboxylic acids is 1. The first-order valence-electron chi connectivity index (χ1n) is 7.01. The maximum Gasteiger partial charge on any atom is 0.237 e. The highest BCUT2D eigenvalue weighted by molar-refractivity contribution is 5.82. The quantitative estimate of drug-likeness (QED) is 0.734. The molecule has 98 valence electrons. The largest absolute Gasteiger partial charge is 0.350 e. The van der Waals surface area contributed by atoms with Gasteiger partial charge in [-0.3, -0.25) is 4.79 Å². The lowest BCUT2D eigenvalue weighted by molar-refractivity contribution is -0.126. The fraction of sp³-hybridized carbons (Fsp3) is 0.929. The van der Waals surface area contributed by atoms with Crippen molar-refractivity contribution in [2.24, 2.45) is 11.8 Å². The highest BCUT2D eigenvalue weighted by Crippen LogP contribution is 2.35. The van der Waals surface area contributed by atoms with Gasteiger partial charge < -0.3 is 10.6 Å². The molecule has 1 aliphatic heterocycles. The minimum Gasteiger partial charge on any atom is -0.350 e. The predicted octanol–water partition coefficient (Wildman–Crippen LogP) is 2.07. The molecule has 2 N–H and O–H groups in total. The molecule has 1 saturated carbocycles. The molecule has 3 nitrogen and oxygen atoms in total. The van der Waals surface area contributed by atoms with Crippen molar-refractivity contribution in [2.45, 2.75) is 64.5 Å². The summed E-state index contributed by atoms with van der Waals surface area (Å²) < 4.78 is 0. The Morgan fingerprint density at radius 2 is 1.82 bits per heavy atom. The number of fused-ring (bicyclic) bond motifs is 1. The number of hydrogen-bond acceptors (Lipinski definition) is 2. The van der Waals surface area contributed by atoms with Crippen LogP contribution in [0.2, 0.25) is 0 Å². The van der Waals surface area contributed by atoms with Crippen molar-refractivity contribution in [3.8, 4) is 0 Å². The van der Waals surface area contributed by atoms with Gasteiger partial charge in [-0.15, -0.1) is 0 Å². The Morgan fingerprint density at radius 3 is 2.47 bits per heavy atom. The van der Waals surface area contributed by atoms with Crippen LogP contribution in [0, 0.1) is 11.8 Å². The highest BCUT2D eigenvalue weighted by Gasteiger charge is 2.35. The molecular weight excluding hydrogens is 212 g/mol. The monoisotopic (exact) mass is 238 g/mol. The van der Waals surface area contributed by atoms with E-state index in [4.69, 9.17) is 0 Å². The zero-order valence-electron chi connectivity index (χ0n) is 11.4. The van der Waals surface area contributed by atoms with Gasteiger partial charge in [0.1, 0.15) is 0 Å². The summed E-state index contributed by atoms with van der Waals surface area (Å²) in [7, 11) is 0. The Hall–Kier alpha value is -0.570. The fourth-order valence-corrected chi connectivity index (χ4v) is 3.20. The van der Waals surface area contributed by atoms with Crippen molar-refractivity contribution in [3.05, 3.63) is 0 Å². The Labute approximate surface area is 105 Å². The summed E-state index contributed by atoms with van der Waals surface area (Å²) in [5.41, 5.74) is -0.123. The lowest BCUT2D eigenvalue weighted by atomic mass is 9.73. The molecule has 0 bridgehead atoms. The molecule has 0 spiro atoms. The second-order valence-corrected chi connectivity index (χ2v) is 6.74. The van der Waals surface area contributed by atoms with Gasteiger partial charge in [-0.2, -0.15) is 0 Å². The van der Waals surface area contributed by atoms with Crippen LogP contribution in [0.25, 0.3) is 0 Å². The van der Waals surface area contributed by atoms with Crippen molar-refractivity contribution in [2.75, 3.05) is 6.54 Å². The molecule has 0 radical (unpaired) electrons. The van der Waals surface area contributed by atoms with Crippen LogP contribution in [0.15, 0.2) is 0 Å². The molecule has 0 unspecified atom stereocenters. The summed E-state index contributed by atoms with van der Waals surface area (Å²) >= 11 is 0. The van der Waals surface area contributed by atoms with Crippen LogP contribution in [0.3, 0.4) is 0 Å². The van der Waals surface area contributed by atoms with Gasteiger partial charge >= 0.3 is 0 Å². The molecule has 0 aromatic carbocycles. The van der Waals surface area contributed by atoms with E-state index < -0.39 is 0 Å². The second kappa shape index (κ2) is 4.97. The van der Waals surface area contributed by atoms with Gasteiger partial charge in [0.15, 0.2) is 0 Å². The van der Waals surface area contributed by atoms with E-state index in [1.54, 1.807) is 0 Å². The molecule has 1 aliphatic carbocycles. The summed E-state index contributed by atoms with van der Waals surface area (Å²) in [6.07, 6.45) is 6.44. The van der Waals surface area contributed by atoms with Crippen molar-refractivity contribution < 1.29 is 4.79 Å². The van der Waals surface area contributed by atoms with Gasteiger partial charge in [0, 0.05) is 5.54 Å². The molecule has 0 aromatic rings. The van der Waals surface area contributed by atoms with Crippen LogP contribution in [0.1, 0.15) is 52.9 Å². The normalized spacial score (nSPS) is 33.9. The Balaban J connectivity index is 1.89. The number of rotatable bonds is 1. The summed E-state index contributed by atoms with van der Waals surface area (Å²) in [5.74, 6) is 1.78. The molecule has 3 heteroatoms. The van der Waals surface area contributed by atoms with Gasteiger partial charge in [0.2, 0.25) is 5.91 Å². The predicted molar refractivity (Wildman–Crippen MR) is 69.8 cm³/mol. The highest BCUT2D eigenvalue weighted by atomic mass is 16.2. The first-order valence-corrected chi connectivity index (χ1v) is 7.01. The average Bonchev–Trinajstić information content (AvgIpc) is 2.26. The number of piperidine rings is 1. The topological polar surface area (TPSA) is 41.1 Å². The zero-order chi connectivity index (χ0) is 12.5. The standard InChI is InChI=1S/C14H26N2O/c1-14(2,3)16-13(17)12-8-10-6-4-5-7-11(10)9-15-12/h10-12,15H,4-9H2,1-3H3,(H,16,17)/t10-,11+,12+/m1/s1. The van der Waals surface area contributed by atoms with E-state index in [9.17, 15) is 4.79 Å². The van der Waals surface area contributed by atoms with Gasteiger partial charge in [-0.05, 0) is 52.0 Å². The van der Waals surface area contributed by atoms with E-state index in [0.717, 1.165) is 24.8 Å². The first-order chi connectivity index (χ1) is 7.96.